The molecule has 196 valence electrons. The van der Waals surface area contributed by atoms with Gasteiger partial charge in [0.2, 0.25) is 5.91 Å². The zero-order chi connectivity index (χ0) is 26.0. The van der Waals surface area contributed by atoms with Crippen molar-refractivity contribution in [2.75, 3.05) is 5.32 Å². The Morgan fingerprint density at radius 3 is 2.61 bits per heavy atom. The minimum absolute atomic E-state index is 0.0161. The minimum Gasteiger partial charge on any atom is -0.481 e. The Morgan fingerprint density at radius 2 is 2.00 bits per heavy atom. The first-order valence-electron chi connectivity index (χ1n) is 13.3. The van der Waals surface area contributed by atoms with Crippen molar-refractivity contribution in [3.63, 3.8) is 0 Å². The number of carbonyl (C=O) groups excluding carboxylic acids is 1. The van der Waals surface area contributed by atoms with E-state index in [0.717, 1.165) is 42.6 Å². The zero-order valence-corrected chi connectivity index (χ0v) is 22.6. The van der Waals surface area contributed by atoms with Crippen molar-refractivity contribution >= 4 is 29.2 Å². The van der Waals surface area contributed by atoms with Gasteiger partial charge in [0.25, 0.3) is 0 Å². The van der Waals surface area contributed by atoms with E-state index < -0.39 is 5.97 Å². The highest BCUT2D eigenvalue weighted by molar-refractivity contribution is 6.33. The molecule has 8 heteroatoms. The number of nitrogens with zero attached hydrogens (tertiary/aromatic N) is 3. The lowest BCUT2D eigenvalue weighted by atomic mass is 9.70. The van der Waals surface area contributed by atoms with Crippen molar-refractivity contribution in [3.8, 4) is 0 Å². The summed E-state index contributed by atoms with van der Waals surface area (Å²) in [5.41, 5.74) is 3.87. The Balaban J connectivity index is 1.50. The molecular formula is C28H39ClN4O3. The van der Waals surface area contributed by atoms with Crippen LogP contribution in [0.15, 0.2) is 18.2 Å². The number of carboxylic acids is 1. The zero-order valence-electron chi connectivity index (χ0n) is 21.9. The summed E-state index contributed by atoms with van der Waals surface area (Å²) in [6, 6.07) is 5.84. The van der Waals surface area contributed by atoms with Crippen molar-refractivity contribution in [1.82, 2.24) is 15.0 Å². The molecule has 2 N–H and O–H groups in total. The van der Waals surface area contributed by atoms with Crippen molar-refractivity contribution < 1.29 is 14.7 Å². The molecule has 36 heavy (non-hydrogen) atoms. The number of hydrogen-bond acceptors (Lipinski definition) is 4. The summed E-state index contributed by atoms with van der Waals surface area (Å²) < 4.78 is 2.12. The fraction of sp³-hybridized carbons (Fsp3) is 0.643. The first-order chi connectivity index (χ1) is 17.1. The monoisotopic (exact) mass is 514 g/mol. The lowest BCUT2D eigenvalue weighted by molar-refractivity contribution is -0.137. The summed E-state index contributed by atoms with van der Waals surface area (Å²) in [4.78, 5) is 24.4. The van der Waals surface area contributed by atoms with Crippen molar-refractivity contribution in [2.24, 2.45) is 11.3 Å². The topological polar surface area (TPSA) is 97.1 Å². The largest absolute Gasteiger partial charge is 0.481 e. The highest BCUT2D eigenvalue weighted by atomic mass is 35.5. The van der Waals surface area contributed by atoms with Gasteiger partial charge in [0.15, 0.2) is 0 Å². The minimum atomic E-state index is -0.872. The maximum Gasteiger partial charge on any atom is 0.303 e. The second-order valence-electron chi connectivity index (χ2n) is 11.7. The molecule has 2 aliphatic rings. The van der Waals surface area contributed by atoms with Crippen LogP contribution in [0.2, 0.25) is 5.02 Å². The summed E-state index contributed by atoms with van der Waals surface area (Å²) in [5, 5.41) is 21.9. The summed E-state index contributed by atoms with van der Waals surface area (Å²) in [6.07, 6.45) is 7.29. The molecule has 2 fully saturated rings. The first kappa shape index (κ1) is 26.6. The molecule has 2 aliphatic carbocycles. The number of nitrogens with one attached hydrogen (secondary N) is 1. The van der Waals surface area contributed by atoms with Gasteiger partial charge in [-0.05, 0) is 74.5 Å². The molecule has 0 spiro atoms. The molecule has 0 bridgehead atoms. The van der Waals surface area contributed by atoms with Crippen molar-refractivity contribution in [1.29, 1.82) is 0 Å². The quantitative estimate of drug-likeness (QED) is 0.322. The number of carbonyl (C=O) groups is 2. The van der Waals surface area contributed by atoms with E-state index in [2.05, 4.69) is 41.1 Å². The van der Waals surface area contributed by atoms with Crippen LogP contribution in [0.1, 0.15) is 113 Å². The van der Waals surface area contributed by atoms with Crippen LogP contribution in [-0.2, 0) is 9.59 Å². The molecule has 0 radical (unpaired) electrons. The van der Waals surface area contributed by atoms with Gasteiger partial charge in [0.1, 0.15) is 0 Å². The highest BCUT2D eigenvalue weighted by Gasteiger charge is 2.40. The number of halogens is 1. The number of hydrogen-bond donors (Lipinski definition) is 2. The summed E-state index contributed by atoms with van der Waals surface area (Å²) in [5.74, 6) is -0.259. The number of carboxylic acid groups (broad SMARTS) is 1. The number of aryl methyl sites for hydroxylation is 1. The third-order valence-corrected chi connectivity index (χ3v) is 8.31. The van der Waals surface area contributed by atoms with Crippen molar-refractivity contribution in [3.05, 3.63) is 40.2 Å². The van der Waals surface area contributed by atoms with E-state index in [4.69, 9.17) is 11.6 Å². The molecule has 1 atom stereocenters. The summed E-state index contributed by atoms with van der Waals surface area (Å²) in [7, 11) is 0. The highest BCUT2D eigenvalue weighted by Crippen LogP contribution is 2.49. The molecule has 1 aromatic heterocycles. The number of anilines is 1. The number of amides is 1. The Labute approximate surface area is 219 Å². The second kappa shape index (κ2) is 10.9. The van der Waals surface area contributed by atoms with E-state index >= 15 is 0 Å². The third-order valence-electron chi connectivity index (χ3n) is 8.00. The standard InChI is InChI=1S/C28H39ClN4O3/c1-5-28(3,4)16-18-13-21(14-18)33-27(19-7-8-19)26(31-32-33)20(9-11-25(35)36)15-24(34)30-23-10-6-17(2)12-22(23)29/h6,10,12,18-21H,5,7-9,11,13-16H2,1-4H3,(H,30,34)(H,35,36). The lowest BCUT2D eigenvalue weighted by Gasteiger charge is -2.40. The van der Waals surface area contributed by atoms with Crippen LogP contribution in [0.25, 0.3) is 0 Å². The van der Waals surface area contributed by atoms with E-state index in [1.54, 1.807) is 6.07 Å². The van der Waals surface area contributed by atoms with Crippen LogP contribution in [-0.4, -0.2) is 32.0 Å². The predicted octanol–water partition coefficient (Wildman–Crippen LogP) is 6.87. The molecule has 1 aromatic carbocycles. The Kier molecular flexibility index (Phi) is 8.08. The van der Waals surface area contributed by atoms with Gasteiger partial charge >= 0.3 is 5.97 Å². The Hall–Kier alpha value is -2.41. The molecule has 1 amide bonds. The normalized spacial score (nSPS) is 20.6. The van der Waals surface area contributed by atoms with Crippen LogP contribution in [0, 0.1) is 18.3 Å². The van der Waals surface area contributed by atoms with E-state index in [1.807, 2.05) is 19.1 Å². The number of benzene rings is 1. The molecule has 7 nitrogen and oxygen atoms in total. The van der Waals surface area contributed by atoms with E-state index in [1.165, 1.54) is 12.8 Å². The molecule has 4 rings (SSSR count). The smallest absolute Gasteiger partial charge is 0.303 e. The van der Waals surface area contributed by atoms with Gasteiger partial charge in [-0.2, -0.15) is 0 Å². The van der Waals surface area contributed by atoms with Gasteiger partial charge in [0.05, 0.1) is 28.1 Å². The van der Waals surface area contributed by atoms with Crippen LogP contribution in [0.3, 0.4) is 0 Å². The molecule has 0 aliphatic heterocycles. The number of aromatic nitrogens is 3. The van der Waals surface area contributed by atoms with Gasteiger partial charge < -0.3 is 10.4 Å². The van der Waals surface area contributed by atoms with Crippen molar-refractivity contribution in [2.45, 2.75) is 103 Å². The molecule has 2 saturated carbocycles. The Morgan fingerprint density at radius 1 is 1.28 bits per heavy atom. The van der Waals surface area contributed by atoms with Crippen LogP contribution < -0.4 is 5.32 Å². The maximum absolute atomic E-state index is 13.0. The fourth-order valence-corrected chi connectivity index (χ4v) is 5.68. The molecule has 1 heterocycles. The predicted molar refractivity (Wildman–Crippen MR) is 141 cm³/mol. The molecule has 2 aromatic rings. The van der Waals surface area contributed by atoms with Gasteiger partial charge in [-0.1, -0.05) is 50.1 Å². The third kappa shape index (κ3) is 6.47. The van der Waals surface area contributed by atoms with E-state index in [9.17, 15) is 14.7 Å². The molecule has 0 saturated heterocycles. The summed E-state index contributed by atoms with van der Waals surface area (Å²) >= 11 is 6.31. The maximum atomic E-state index is 13.0. The molecular weight excluding hydrogens is 476 g/mol. The number of rotatable bonds is 12. The average Bonchev–Trinajstić information content (AvgIpc) is 3.54. The van der Waals surface area contributed by atoms with Crippen LogP contribution in [0.5, 0.6) is 0 Å². The summed E-state index contributed by atoms with van der Waals surface area (Å²) in [6.45, 7) is 8.87. The fourth-order valence-electron chi connectivity index (χ4n) is 5.40. The van der Waals surface area contributed by atoms with E-state index in [0.29, 0.717) is 40.4 Å². The van der Waals surface area contributed by atoms with Crippen LogP contribution >= 0.6 is 11.6 Å². The van der Waals surface area contributed by atoms with Gasteiger partial charge in [0, 0.05) is 24.7 Å². The van der Waals surface area contributed by atoms with Gasteiger partial charge in [-0.25, -0.2) is 4.68 Å². The second-order valence-corrected chi connectivity index (χ2v) is 12.1. The first-order valence-corrected chi connectivity index (χ1v) is 13.7. The molecule has 1 unspecified atom stereocenters. The SMILES string of the molecule is CCC(C)(C)CC1CC(n2nnc(C(CCC(=O)O)CC(=O)Nc3ccc(C)cc3Cl)c2C2CC2)C1. The van der Waals surface area contributed by atoms with Gasteiger partial charge in [-0.3, -0.25) is 9.59 Å². The number of aliphatic carboxylic acids is 1. The van der Waals surface area contributed by atoms with Crippen LogP contribution in [0.4, 0.5) is 5.69 Å². The van der Waals surface area contributed by atoms with E-state index in [-0.39, 0.29) is 24.7 Å². The average molecular weight is 515 g/mol. The van der Waals surface area contributed by atoms with Gasteiger partial charge in [-0.15, -0.1) is 5.10 Å². The Bertz CT molecular complexity index is 1100. The lowest BCUT2D eigenvalue weighted by Crippen LogP contribution is -2.32.